The van der Waals surface area contributed by atoms with E-state index >= 15 is 0 Å². The lowest BCUT2D eigenvalue weighted by atomic mass is 10.1. The molecule has 1 aromatic heterocycles. The van der Waals surface area contributed by atoms with Crippen LogP contribution in [0.3, 0.4) is 0 Å². The van der Waals surface area contributed by atoms with E-state index in [1.807, 2.05) is 28.9 Å². The molecule has 1 aliphatic rings. The van der Waals surface area contributed by atoms with Crippen LogP contribution in [0.25, 0.3) is 0 Å². The van der Waals surface area contributed by atoms with Crippen molar-refractivity contribution in [3.63, 3.8) is 0 Å². The zero-order valence-corrected chi connectivity index (χ0v) is 17.0. The summed E-state index contributed by atoms with van der Waals surface area (Å²) < 4.78 is 7.37. The van der Waals surface area contributed by atoms with Gasteiger partial charge in [-0.3, -0.25) is 9.48 Å². The third-order valence-electron chi connectivity index (χ3n) is 4.68. The van der Waals surface area contributed by atoms with Gasteiger partial charge in [0, 0.05) is 30.2 Å². The number of amides is 1. The molecule has 2 heterocycles. The van der Waals surface area contributed by atoms with Crippen LogP contribution in [0.5, 0.6) is 0 Å². The number of morpholine rings is 1. The second-order valence-electron chi connectivity index (χ2n) is 8.30. The van der Waals surface area contributed by atoms with Crippen molar-refractivity contribution in [1.82, 2.24) is 9.78 Å². The minimum Gasteiger partial charge on any atom is -0.378 e. The fraction of sp³-hybridized carbons (Fsp3) is 0.524. The zero-order valence-electron chi connectivity index (χ0n) is 17.0. The van der Waals surface area contributed by atoms with E-state index < -0.39 is 0 Å². The second kappa shape index (κ2) is 7.72. The normalized spacial score (nSPS) is 15.3. The van der Waals surface area contributed by atoms with Crippen LogP contribution in [0.1, 0.15) is 56.7 Å². The summed E-state index contributed by atoms with van der Waals surface area (Å²) >= 11 is 0. The Morgan fingerprint density at radius 3 is 2.48 bits per heavy atom. The Morgan fingerprint density at radius 2 is 1.89 bits per heavy atom. The Bertz CT molecular complexity index is 799. The van der Waals surface area contributed by atoms with Crippen LogP contribution in [0.2, 0.25) is 0 Å². The van der Waals surface area contributed by atoms with Crippen LogP contribution in [-0.4, -0.2) is 42.0 Å². The van der Waals surface area contributed by atoms with Gasteiger partial charge in [0.15, 0.2) is 5.69 Å². The SMILES string of the molecule is CC(C)c1cc(C(=O)Nc2cccc(N3CCOCC3)c2)nn1C(C)(C)C. The Kier molecular flexibility index (Phi) is 5.56. The van der Waals surface area contributed by atoms with Gasteiger partial charge in [-0.25, -0.2) is 0 Å². The van der Waals surface area contributed by atoms with Gasteiger partial charge >= 0.3 is 0 Å². The van der Waals surface area contributed by atoms with Gasteiger partial charge in [-0.2, -0.15) is 5.10 Å². The van der Waals surface area contributed by atoms with Crippen molar-refractivity contribution in [2.75, 3.05) is 36.5 Å². The molecule has 0 aliphatic carbocycles. The lowest BCUT2D eigenvalue weighted by molar-refractivity contribution is 0.102. The van der Waals surface area contributed by atoms with Gasteiger partial charge in [0.05, 0.1) is 18.8 Å². The second-order valence-corrected chi connectivity index (χ2v) is 8.30. The summed E-state index contributed by atoms with van der Waals surface area (Å²) in [5, 5.41) is 7.58. The molecule has 27 heavy (non-hydrogen) atoms. The van der Waals surface area contributed by atoms with Gasteiger partial charge < -0.3 is 15.0 Å². The van der Waals surface area contributed by atoms with Crippen LogP contribution in [-0.2, 0) is 10.3 Å². The van der Waals surface area contributed by atoms with E-state index in [2.05, 4.69) is 56.0 Å². The van der Waals surface area contributed by atoms with E-state index in [1.54, 1.807) is 0 Å². The maximum atomic E-state index is 12.8. The van der Waals surface area contributed by atoms with Crippen molar-refractivity contribution >= 4 is 17.3 Å². The number of carbonyl (C=O) groups is 1. The Labute approximate surface area is 161 Å². The van der Waals surface area contributed by atoms with Crippen molar-refractivity contribution in [3.05, 3.63) is 41.7 Å². The monoisotopic (exact) mass is 370 g/mol. The Morgan fingerprint density at radius 1 is 1.19 bits per heavy atom. The first-order chi connectivity index (χ1) is 12.8. The van der Waals surface area contributed by atoms with Crippen LogP contribution in [0.4, 0.5) is 11.4 Å². The van der Waals surface area contributed by atoms with E-state index in [0.717, 1.165) is 43.4 Å². The predicted octanol–water partition coefficient (Wildman–Crippen LogP) is 3.85. The maximum Gasteiger partial charge on any atom is 0.276 e. The fourth-order valence-corrected chi connectivity index (χ4v) is 3.25. The topological polar surface area (TPSA) is 59.4 Å². The third-order valence-corrected chi connectivity index (χ3v) is 4.68. The summed E-state index contributed by atoms with van der Waals surface area (Å²) in [6.45, 7) is 13.7. The molecule has 0 saturated carbocycles. The molecule has 0 radical (unpaired) electrons. The number of rotatable bonds is 4. The van der Waals surface area contributed by atoms with Gasteiger partial charge in [0.25, 0.3) is 5.91 Å². The summed E-state index contributed by atoms with van der Waals surface area (Å²) in [7, 11) is 0. The number of nitrogens with one attached hydrogen (secondary N) is 1. The molecule has 146 valence electrons. The van der Waals surface area contributed by atoms with Gasteiger partial charge in [0.2, 0.25) is 0 Å². The molecular formula is C21H30N4O2. The number of benzene rings is 1. The largest absolute Gasteiger partial charge is 0.378 e. The quantitative estimate of drug-likeness (QED) is 0.888. The maximum absolute atomic E-state index is 12.8. The average Bonchev–Trinajstić information content (AvgIpc) is 3.09. The number of hydrogen-bond acceptors (Lipinski definition) is 4. The first-order valence-corrected chi connectivity index (χ1v) is 9.60. The minimum atomic E-state index is -0.181. The molecule has 1 aliphatic heterocycles. The smallest absolute Gasteiger partial charge is 0.276 e. The summed E-state index contributed by atoms with van der Waals surface area (Å²) in [6.07, 6.45) is 0. The van der Waals surface area contributed by atoms with E-state index in [4.69, 9.17) is 4.74 Å². The Hall–Kier alpha value is -2.34. The van der Waals surface area contributed by atoms with Crippen LogP contribution >= 0.6 is 0 Å². The van der Waals surface area contributed by atoms with E-state index in [0.29, 0.717) is 11.6 Å². The van der Waals surface area contributed by atoms with Gasteiger partial charge in [0.1, 0.15) is 0 Å². The van der Waals surface area contributed by atoms with Crippen LogP contribution in [0.15, 0.2) is 30.3 Å². The molecule has 0 unspecified atom stereocenters. The molecule has 1 fully saturated rings. The summed E-state index contributed by atoms with van der Waals surface area (Å²) in [4.78, 5) is 15.1. The van der Waals surface area contributed by atoms with Crippen molar-refractivity contribution in [2.45, 2.75) is 46.1 Å². The van der Waals surface area contributed by atoms with Gasteiger partial charge in [-0.1, -0.05) is 19.9 Å². The Balaban J connectivity index is 1.79. The van der Waals surface area contributed by atoms with Gasteiger partial charge in [-0.05, 0) is 51.0 Å². The summed E-state index contributed by atoms with van der Waals surface area (Å²) in [5.41, 5.74) is 3.22. The first-order valence-electron chi connectivity index (χ1n) is 9.60. The molecule has 1 saturated heterocycles. The van der Waals surface area contributed by atoms with Gasteiger partial charge in [-0.15, -0.1) is 0 Å². The molecule has 3 rings (SSSR count). The molecule has 6 nitrogen and oxygen atoms in total. The van der Waals surface area contributed by atoms with Crippen molar-refractivity contribution in [2.24, 2.45) is 0 Å². The molecule has 6 heteroatoms. The molecule has 1 amide bonds. The standard InChI is InChI=1S/C21H30N4O2/c1-15(2)19-14-18(23-25(19)21(3,4)5)20(26)22-16-7-6-8-17(13-16)24-9-11-27-12-10-24/h6-8,13-15H,9-12H2,1-5H3,(H,22,26). The van der Waals surface area contributed by atoms with E-state index in [1.165, 1.54) is 0 Å². The molecule has 0 atom stereocenters. The minimum absolute atomic E-state index is 0.172. The highest BCUT2D eigenvalue weighted by atomic mass is 16.5. The highest BCUT2D eigenvalue weighted by Crippen LogP contribution is 2.25. The third kappa shape index (κ3) is 4.50. The number of nitrogens with zero attached hydrogens (tertiary/aromatic N) is 3. The lowest BCUT2D eigenvalue weighted by Gasteiger charge is -2.29. The number of ether oxygens (including phenoxy) is 1. The number of anilines is 2. The van der Waals surface area contributed by atoms with Crippen LogP contribution < -0.4 is 10.2 Å². The van der Waals surface area contributed by atoms with E-state index in [9.17, 15) is 4.79 Å². The highest BCUT2D eigenvalue weighted by Gasteiger charge is 2.23. The summed E-state index contributed by atoms with van der Waals surface area (Å²) in [5.74, 6) is 0.113. The molecule has 1 aromatic carbocycles. The number of carbonyl (C=O) groups excluding carboxylic acids is 1. The number of aromatic nitrogens is 2. The highest BCUT2D eigenvalue weighted by molar-refractivity contribution is 6.03. The molecule has 2 aromatic rings. The zero-order chi connectivity index (χ0) is 19.6. The van der Waals surface area contributed by atoms with Crippen molar-refractivity contribution in [1.29, 1.82) is 0 Å². The predicted molar refractivity (Wildman–Crippen MR) is 109 cm³/mol. The van der Waals surface area contributed by atoms with E-state index in [-0.39, 0.29) is 11.4 Å². The van der Waals surface area contributed by atoms with Crippen molar-refractivity contribution in [3.8, 4) is 0 Å². The molecule has 0 spiro atoms. The average molecular weight is 370 g/mol. The molecular weight excluding hydrogens is 340 g/mol. The number of hydrogen-bond donors (Lipinski definition) is 1. The molecule has 1 N–H and O–H groups in total. The van der Waals surface area contributed by atoms with Crippen LogP contribution in [0, 0.1) is 0 Å². The molecule has 0 bridgehead atoms. The fourth-order valence-electron chi connectivity index (χ4n) is 3.25. The first kappa shape index (κ1) is 19.4. The van der Waals surface area contributed by atoms with Crippen molar-refractivity contribution < 1.29 is 9.53 Å². The lowest BCUT2D eigenvalue weighted by Crippen LogP contribution is -2.36. The summed E-state index contributed by atoms with van der Waals surface area (Å²) in [6, 6.07) is 9.84.